The largest absolute Gasteiger partial charge is 0.457 e. The number of benzene rings is 2. The molecule has 4 aromatic rings. The number of anilines is 3. The summed E-state index contributed by atoms with van der Waals surface area (Å²) in [4.78, 5) is 21.4. The first kappa shape index (κ1) is 31.2. The summed E-state index contributed by atoms with van der Waals surface area (Å²) in [5.41, 5.74) is 1.12. The predicted molar refractivity (Wildman–Crippen MR) is 164 cm³/mol. The third-order valence-electron chi connectivity index (χ3n) is 7.50. The summed E-state index contributed by atoms with van der Waals surface area (Å²) in [5.74, 6) is 1.71. The first-order valence-electron chi connectivity index (χ1n) is 14.7. The summed E-state index contributed by atoms with van der Waals surface area (Å²) < 4.78 is 49.5. The summed E-state index contributed by atoms with van der Waals surface area (Å²) in [5, 5.41) is 15.4. The molecule has 1 aliphatic rings. The standard InChI is InChI=1S/C31H37F3N8O2/c1-3-35-14-15-37-19-21-4-5-22(16-25(21)31(32,33)34)39-30-40-26-7-6-23(17-27(26)42(30)2)44-24-10-13-38-28(18-24)41-29(43)20-8-11-36-12-9-20/h4-7,10,13,16-18,20,35-37H,3,8-9,11-12,14-15,19H2,1-2H3,(H,39,40)(H,38,41,43). The van der Waals surface area contributed by atoms with Crippen molar-refractivity contribution in [2.24, 2.45) is 13.0 Å². The third-order valence-corrected chi connectivity index (χ3v) is 7.50. The number of likely N-dealkylation sites (N-methyl/N-ethyl adjacent to an activating group) is 1. The normalized spacial score (nSPS) is 14.1. The van der Waals surface area contributed by atoms with Crippen molar-refractivity contribution in [3.05, 3.63) is 65.9 Å². The number of rotatable bonds is 12. The molecule has 1 fully saturated rings. The number of pyridine rings is 1. The molecule has 1 saturated heterocycles. The minimum Gasteiger partial charge on any atom is -0.457 e. The number of hydrogen-bond acceptors (Lipinski definition) is 8. The average Bonchev–Trinajstić information content (AvgIpc) is 3.31. The maximum atomic E-state index is 13.9. The summed E-state index contributed by atoms with van der Waals surface area (Å²) in [7, 11) is 1.77. The minimum atomic E-state index is -4.50. The molecule has 0 radical (unpaired) electrons. The maximum Gasteiger partial charge on any atom is 0.416 e. The van der Waals surface area contributed by atoms with Gasteiger partial charge in [-0.15, -0.1) is 0 Å². The summed E-state index contributed by atoms with van der Waals surface area (Å²) in [6.45, 7) is 5.77. The number of aromatic nitrogens is 3. The number of nitrogens with zero attached hydrogens (tertiary/aromatic N) is 3. The van der Waals surface area contributed by atoms with Crippen LogP contribution in [0.1, 0.15) is 30.9 Å². The van der Waals surface area contributed by atoms with E-state index in [9.17, 15) is 18.0 Å². The van der Waals surface area contributed by atoms with Crippen molar-refractivity contribution in [1.82, 2.24) is 30.5 Å². The van der Waals surface area contributed by atoms with E-state index in [-0.39, 0.29) is 29.6 Å². The van der Waals surface area contributed by atoms with E-state index >= 15 is 0 Å². The molecule has 0 bridgehead atoms. The smallest absolute Gasteiger partial charge is 0.416 e. The number of amides is 1. The average molecular weight is 611 g/mol. The van der Waals surface area contributed by atoms with E-state index < -0.39 is 11.7 Å². The molecule has 0 saturated carbocycles. The van der Waals surface area contributed by atoms with Gasteiger partial charge in [0.05, 0.1) is 16.6 Å². The molecule has 0 spiro atoms. The summed E-state index contributed by atoms with van der Waals surface area (Å²) in [6, 6.07) is 12.9. The van der Waals surface area contributed by atoms with Gasteiger partial charge in [0.1, 0.15) is 17.3 Å². The van der Waals surface area contributed by atoms with Crippen LogP contribution in [0, 0.1) is 5.92 Å². The number of halogens is 3. The van der Waals surface area contributed by atoms with Crippen molar-refractivity contribution in [2.45, 2.75) is 32.5 Å². The zero-order chi connectivity index (χ0) is 31.1. The number of ether oxygens (including phenoxy) is 1. The van der Waals surface area contributed by atoms with Crippen LogP contribution in [0.2, 0.25) is 0 Å². The maximum absolute atomic E-state index is 13.9. The molecule has 0 aliphatic carbocycles. The Balaban J connectivity index is 1.28. The van der Waals surface area contributed by atoms with E-state index in [1.165, 1.54) is 6.07 Å². The van der Waals surface area contributed by atoms with Crippen LogP contribution >= 0.6 is 0 Å². The Hall–Kier alpha value is -4.20. The Morgan fingerprint density at radius 1 is 1.05 bits per heavy atom. The molecule has 13 heteroatoms. The fourth-order valence-electron chi connectivity index (χ4n) is 5.11. The molecule has 1 amide bonds. The van der Waals surface area contributed by atoms with Gasteiger partial charge in [-0.3, -0.25) is 4.79 Å². The fourth-order valence-corrected chi connectivity index (χ4v) is 5.11. The van der Waals surface area contributed by atoms with Gasteiger partial charge in [-0.1, -0.05) is 13.0 Å². The topological polar surface area (TPSA) is 117 Å². The van der Waals surface area contributed by atoms with Crippen LogP contribution < -0.4 is 31.3 Å². The molecule has 3 heterocycles. The van der Waals surface area contributed by atoms with Crippen molar-refractivity contribution in [3.8, 4) is 11.5 Å². The molecule has 1 aliphatic heterocycles. The van der Waals surface area contributed by atoms with Crippen molar-refractivity contribution in [1.29, 1.82) is 0 Å². The number of hydrogen-bond donors (Lipinski definition) is 5. The van der Waals surface area contributed by atoms with Gasteiger partial charge in [0, 0.05) is 56.6 Å². The van der Waals surface area contributed by atoms with Gasteiger partial charge in [-0.25, -0.2) is 9.97 Å². The number of alkyl halides is 3. The zero-order valence-corrected chi connectivity index (χ0v) is 24.7. The summed E-state index contributed by atoms with van der Waals surface area (Å²) >= 11 is 0. The van der Waals surface area contributed by atoms with Crippen LogP contribution in [0.15, 0.2) is 54.7 Å². The van der Waals surface area contributed by atoms with Gasteiger partial charge >= 0.3 is 6.18 Å². The van der Waals surface area contributed by atoms with Gasteiger partial charge in [0.15, 0.2) is 0 Å². The van der Waals surface area contributed by atoms with E-state index in [4.69, 9.17) is 4.74 Å². The molecule has 5 rings (SSSR count). The van der Waals surface area contributed by atoms with Gasteiger partial charge in [-0.2, -0.15) is 13.2 Å². The molecule has 0 atom stereocenters. The third kappa shape index (κ3) is 7.84. The Kier molecular flexibility index (Phi) is 9.98. The number of piperidine rings is 1. The Morgan fingerprint density at radius 3 is 2.59 bits per heavy atom. The quantitative estimate of drug-likeness (QED) is 0.140. The highest BCUT2D eigenvalue weighted by Crippen LogP contribution is 2.35. The second-order valence-electron chi connectivity index (χ2n) is 10.7. The first-order chi connectivity index (χ1) is 21.2. The molecule has 44 heavy (non-hydrogen) atoms. The highest BCUT2D eigenvalue weighted by Gasteiger charge is 2.33. The number of aryl methyl sites for hydroxylation is 1. The van der Waals surface area contributed by atoms with Crippen LogP contribution in [-0.4, -0.2) is 53.2 Å². The molecule has 2 aromatic heterocycles. The van der Waals surface area contributed by atoms with Crippen LogP contribution in [0.25, 0.3) is 11.0 Å². The molecule has 10 nitrogen and oxygen atoms in total. The SMILES string of the molecule is CCNCCNCc1ccc(Nc2nc3ccc(Oc4ccnc(NC(=O)C5CCNCC5)c4)cc3n2C)cc1C(F)(F)F. The minimum absolute atomic E-state index is 0.0502. The van der Waals surface area contributed by atoms with Crippen molar-refractivity contribution in [3.63, 3.8) is 0 Å². The van der Waals surface area contributed by atoms with Crippen LogP contribution in [0.4, 0.5) is 30.6 Å². The van der Waals surface area contributed by atoms with Crippen molar-refractivity contribution >= 4 is 34.4 Å². The van der Waals surface area contributed by atoms with Gasteiger partial charge in [-0.05, 0) is 68.4 Å². The zero-order valence-electron chi connectivity index (χ0n) is 24.7. The predicted octanol–water partition coefficient (Wildman–Crippen LogP) is 5.16. The lowest BCUT2D eigenvalue weighted by Gasteiger charge is -2.21. The number of carbonyl (C=O) groups is 1. The molecular weight excluding hydrogens is 573 g/mol. The van der Waals surface area contributed by atoms with E-state index in [0.29, 0.717) is 41.9 Å². The first-order valence-corrected chi connectivity index (χ1v) is 14.7. The van der Waals surface area contributed by atoms with E-state index in [1.54, 1.807) is 54.2 Å². The molecular formula is C31H37F3N8O2. The van der Waals surface area contributed by atoms with Crippen molar-refractivity contribution < 1.29 is 22.7 Å². The van der Waals surface area contributed by atoms with Crippen LogP contribution in [0.5, 0.6) is 11.5 Å². The monoisotopic (exact) mass is 610 g/mol. The van der Waals surface area contributed by atoms with E-state index in [1.807, 2.05) is 6.92 Å². The van der Waals surface area contributed by atoms with Gasteiger partial charge in [0.25, 0.3) is 0 Å². The highest BCUT2D eigenvalue weighted by molar-refractivity contribution is 5.92. The summed E-state index contributed by atoms with van der Waals surface area (Å²) in [6.07, 6.45) is -1.36. The molecule has 2 aromatic carbocycles. The van der Waals surface area contributed by atoms with Crippen LogP contribution in [-0.2, 0) is 24.6 Å². The van der Waals surface area contributed by atoms with Gasteiger partial charge < -0.3 is 35.9 Å². The molecule has 0 unspecified atom stereocenters. The Labute approximate surface area is 253 Å². The number of fused-ring (bicyclic) bond motifs is 1. The lowest BCUT2D eigenvalue weighted by molar-refractivity contribution is -0.138. The number of carbonyl (C=O) groups excluding carboxylic acids is 1. The fraction of sp³-hybridized carbons (Fsp3) is 0.387. The van der Waals surface area contributed by atoms with Crippen LogP contribution in [0.3, 0.4) is 0 Å². The highest BCUT2D eigenvalue weighted by atomic mass is 19.4. The number of nitrogens with one attached hydrogen (secondary N) is 5. The second-order valence-corrected chi connectivity index (χ2v) is 10.7. The molecule has 5 N–H and O–H groups in total. The Bertz CT molecular complexity index is 1580. The van der Waals surface area contributed by atoms with Gasteiger partial charge in [0.2, 0.25) is 11.9 Å². The van der Waals surface area contributed by atoms with E-state index in [2.05, 4.69) is 36.6 Å². The second kappa shape index (κ2) is 14.1. The Morgan fingerprint density at radius 2 is 1.82 bits per heavy atom. The lowest BCUT2D eigenvalue weighted by atomic mass is 9.97. The number of imidazole rings is 1. The van der Waals surface area contributed by atoms with E-state index in [0.717, 1.165) is 44.1 Å². The van der Waals surface area contributed by atoms with Crippen molar-refractivity contribution in [2.75, 3.05) is 43.4 Å². The molecule has 234 valence electrons. The lowest BCUT2D eigenvalue weighted by Crippen LogP contribution is -2.34.